The molecule has 0 rings (SSSR count). The van der Waals surface area contributed by atoms with Crippen LogP contribution in [0.2, 0.25) is 19.1 Å². The summed E-state index contributed by atoms with van der Waals surface area (Å²) in [4.78, 5) is 0. The molecular formula is C21H44OSi. The smallest absolute Gasteiger partial charge is 0.187 e. The van der Waals surface area contributed by atoms with Crippen LogP contribution in [0, 0.1) is 0 Å². The van der Waals surface area contributed by atoms with Crippen LogP contribution in [-0.4, -0.2) is 14.9 Å². The van der Waals surface area contributed by atoms with E-state index < -0.39 is 8.32 Å². The monoisotopic (exact) mass is 340 g/mol. The summed E-state index contributed by atoms with van der Waals surface area (Å²) in [6.07, 6.45) is 22.5. The molecule has 0 aromatic carbocycles. The van der Waals surface area contributed by atoms with E-state index in [0.29, 0.717) is 0 Å². The van der Waals surface area contributed by atoms with Gasteiger partial charge in [0, 0.05) is 0 Å². The van der Waals surface area contributed by atoms with Gasteiger partial charge in [-0.1, -0.05) is 96.6 Å². The highest BCUT2D eigenvalue weighted by Crippen LogP contribution is 2.17. The molecule has 0 aliphatic carbocycles. The van der Waals surface area contributed by atoms with Crippen molar-refractivity contribution in [2.75, 3.05) is 6.61 Å². The quantitative estimate of drug-likeness (QED) is 0.149. The first-order chi connectivity index (χ1) is 11.1. The summed E-state index contributed by atoms with van der Waals surface area (Å²) in [5, 5.41) is 0. The summed E-state index contributed by atoms with van der Waals surface area (Å²) in [6, 6.07) is 1.32. The lowest BCUT2D eigenvalue weighted by atomic mass is 10.1. The highest BCUT2D eigenvalue weighted by atomic mass is 28.4. The van der Waals surface area contributed by atoms with E-state index in [1.807, 2.05) is 0 Å². The lowest BCUT2D eigenvalue weighted by Crippen LogP contribution is -2.30. The second kappa shape index (κ2) is 16.8. The second-order valence-corrected chi connectivity index (χ2v) is 11.9. The van der Waals surface area contributed by atoms with Gasteiger partial charge in [0.1, 0.15) is 0 Å². The fourth-order valence-electron chi connectivity index (χ4n) is 2.91. The zero-order valence-electron chi connectivity index (χ0n) is 16.7. The molecule has 0 spiro atoms. The van der Waals surface area contributed by atoms with E-state index in [-0.39, 0.29) is 0 Å². The van der Waals surface area contributed by atoms with Crippen molar-refractivity contribution in [3.63, 3.8) is 0 Å². The van der Waals surface area contributed by atoms with Crippen LogP contribution in [0.25, 0.3) is 0 Å². The van der Waals surface area contributed by atoms with Crippen LogP contribution in [0.5, 0.6) is 0 Å². The van der Waals surface area contributed by atoms with Gasteiger partial charge in [0.05, 0.1) is 6.61 Å². The average Bonchev–Trinajstić information content (AvgIpc) is 2.52. The Bertz CT molecular complexity index is 261. The highest BCUT2D eigenvalue weighted by molar-refractivity contribution is 6.71. The first kappa shape index (κ1) is 22.9. The summed E-state index contributed by atoms with van der Waals surface area (Å²) < 4.78 is 6.17. The molecule has 0 aliphatic rings. The molecule has 0 fully saturated rings. The Kier molecular flexibility index (Phi) is 16.7. The number of allylic oxidation sites excluding steroid dienone is 1. The Morgan fingerprint density at radius 1 is 0.652 bits per heavy atom. The summed E-state index contributed by atoms with van der Waals surface area (Å²) in [5.41, 5.74) is 0. The van der Waals surface area contributed by atoms with Crippen LogP contribution in [-0.2, 0) is 4.43 Å². The third-order valence-corrected chi connectivity index (χ3v) is 7.10. The van der Waals surface area contributed by atoms with Crippen molar-refractivity contribution in [3.05, 3.63) is 12.2 Å². The van der Waals surface area contributed by atoms with Crippen molar-refractivity contribution in [1.82, 2.24) is 0 Å². The van der Waals surface area contributed by atoms with Crippen LogP contribution in [0.15, 0.2) is 12.2 Å². The summed E-state index contributed by atoms with van der Waals surface area (Å²) in [7, 11) is -1.41. The third kappa shape index (κ3) is 18.1. The average molecular weight is 341 g/mol. The topological polar surface area (TPSA) is 9.23 Å². The predicted molar refractivity (Wildman–Crippen MR) is 109 cm³/mol. The van der Waals surface area contributed by atoms with Gasteiger partial charge in [-0.15, -0.1) is 0 Å². The van der Waals surface area contributed by atoms with E-state index in [9.17, 15) is 0 Å². The van der Waals surface area contributed by atoms with Crippen molar-refractivity contribution < 1.29 is 4.43 Å². The summed E-state index contributed by atoms with van der Waals surface area (Å²) in [5.74, 6) is 0. The minimum absolute atomic E-state index is 0.838. The standard InChI is InChI=1S/C21H44OSi/c1-5-7-9-11-13-14-15-16-18-20-22-23(3,4)21-19-17-12-10-8-6-2/h16,18H,5-15,17,19-21H2,1-4H3/b18-16+. The molecule has 0 aromatic rings. The van der Waals surface area contributed by atoms with Gasteiger partial charge in [-0.2, -0.15) is 0 Å². The molecule has 0 atom stereocenters. The number of unbranched alkanes of at least 4 members (excludes halogenated alkanes) is 11. The highest BCUT2D eigenvalue weighted by Gasteiger charge is 2.20. The van der Waals surface area contributed by atoms with Crippen LogP contribution < -0.4 is 0 Å². The fraction of sp³-hybridized carbons (Fsp3) is 0.905. The van der Waals surface area contributed by atoms with Crippen LogP contribution in [0.4, 0.5) is 0 Å². The number of hydrogen-bond donors (Lipinski definition) is 0. The van der Waals surface area contributed by atoms with Crippen LogP contribution in [0.3, 0.4) is 0 Å². The van der Waals surface area contributed by atoms with E-state index in [4.69, 9.17) is 4.43 Å². The Labute approximate surface area is 148 Å². The molecule has 0 heterocycles. The molecule has 0 bridgehead atoms. The Morgan fingerprint density at radius 3 is 1.78 bits per heavy atom. The van der Waals surface area contributed by atoms with Crippen molar-refractivity contribution in [2.45, 2.75) is 116 Å². The predicted octanol–water partition coefficient (Wildman–Crippen LogP) is 7.88. The van der Waals surface area contributed by atoms with Gasteiger partial charge < -0.3 is 4.43 Å². The van der Waals surface area contributed by atoms with Crippen molar-refractivity contribution >= 4 is 8.32 Å². The minimum atomic E-state index is -1.41. The first-order valence-corrected chi connectivity index (χ1v) is 13.5. The summed E-state index contributed by atoms with van der Waals surface area (Å²) >= 11 is 0. The maximum Gasteiger partial charge on any atom is 0.187 e. The zero-order valence-corrected chi connectivity index (χ0v) is 17.7. The molecule has 0 saturated carbocycles. The number of rotatable bonds is 17. The summed E-state index contributed by atoms with van der Waals surface area (Å²) in [6.45, 7) is 10.1. The molecule has 2 heteroatoms. The van der Waals surface area contributed by atoms with E-state index in [1.165, 1.54) is 89.5 Å². The second-order valence-electron chi connectivity index (χ2n) is 7.62. The Morgan fingerprint density at radius 2 is 1.17 bits per heavy atom. The molecule has 0 aromatic heterocycles. The molecule has 0 amide bonds. The van der Waals surface area contributed by atoms with Gasteiger partial charge in [-0.05, 0) is 32.0 Å². The molecule has 23 heavy (non-hydrogen) atoms. The fourth-order valence-corrected chi connectivity index (χ4v) is 4.70. The molecule has 0 aliphatic heterocycles. The zero-order chi connectivity index (χ0) is 17.2. The van der Waals surface area contributed by atoms with Gasteiger partial charge in [-0.3, -0.25) is 0 Å². The minimum Gasteiger partial charge on any atom is -0.414 e. The van der Waals surface area contributed by atoms with Gasteiger partial charge in [0.25, 0.3) is 0 Å². The molecule has 0 unspecified atom stereocenters. The van der Waals surface area contributed by atoms with Gasteiger partial charge in [-0.25, -0.2) is 0 Å². The van der Waals surface area contributed by atoms with Crippen molar-refractivity contribution in [1.29, 1.82) is 0 Å². The SMILES string of the molecule is CCCCCCCC/C=C/CO[Si](C)(C)CCCCCCCC. The molecule has 138 valence electrons. The molecule has 0 saturated heterocycles. The molecule has 0 radical (unpaired) electrons. The van der Waals surface area contributed by atoms with Crippen LogP contribution in [0.1, 0.15) is 97.3 Å². The maximum absolute atomic E-state index is 6.17. The van der Waals surface area contributed by atoms with Crippen molar-refractivity contribution in [3.8, 4) is 0 Å². The lowest BCUT2D eigenvalue weighted by Gasteiger charge is -2.21. The first-order valence-electron chi connectivity index (χ1n) is 10.4. The van der Waals surface area contributed by atoms with Crippen LogP contribution >= 0.6 is 0 Å². The maximum atomic E-state index is 6.17. The van der Waals surface area contributed by atoms with E-state index in [2.05, 4.69) is 39.1 Å². The van der Waals surface area contributed by atoms with Crippen molar-refractivity contribution in [2.24, 2.45) is 0 Å². The number of hydrogen-bond acceptors (Lipinski definition) is 1. The molecule has 1 nitrogen and oxygen atoms in total. The van der Waals surface area contributed by atoms with E-state index in [0.717, 1.165) is 6.61 Å². The Hall–Kier alpha value is -0.0831. The van der Waals surface area contributed by atoms with E-state index in [1.54, 1.807) is 0 Å². The Balaban J connectivity index is 3.44. The third-order valence-electron chi connectivity index (χ3n) is 4.59. The van der Waals surface area contributed by atoms with Gasteiger partial charge in [0.15, 0.2) is 8.32 Å². The van der Waals surface area contributed by atoms with Gasteiger partial charge >= 0.3 is 0 Å². The largest absolute Gasteiger partial charge is 0.414 e. The molecule has 0 N–H and O–H groups in total. The van der Waals surface area contributed by atoms with E-state index >= 15 is 0 Å². The molecular weight excluding hydrogens is 296 g/mol. The normalized spacial score (nSPS) is 12.3. The van der Waals surface area contributed by atoms with Gasteiger partial charge in [0.2, 0.25) is 0 Å². The lowest BCUT2D eigenvalue weighted by molar-refractivity contribution is 0.349.